The van der Waals surface area contributed by atoms with Gasteiger partial charge in [-0.3, -0.25) is 4.90 Å². The van der Waals surface area contributed by atoms with Gasteiger partial charge >= 0.3 is 6.09 Å². The number of rotatable bonds is 2. The first-order chi connectivity index (χ1) is 10.3. The van der Waals surface area contributed by atoms with Gasteiger partial charge in [-0.2, -0.15) is 9.78 Å². The van der Waals surface area contributed by atoms with Gasteiger partial charge in [0.05, 0.1) is 11.2 Å². The highest BCUT2D eigenvalue weighted by molar-refractivity contribution is 5.91. The van der Waals surface area contributed by atoms with E-state index in [1.54, 1.807) is 6.07 Å². The smallest absolute Gasteiger partial charge is 0.435 e. The number of nitrogen functional groups attached to an aromatic ring is 1. The summed E-state index contributed by atoms with van der Waals surface area (Å²) in [6, 6.07) is 5.53. The Morgan fingerprint density at radius 3 is 2.68 bits per heavy atom. The van der Waals surface area contributed by atoms with Gasteiger partial charge in [0.1, 0.15) is 5.60 Å². The van der Waals surface area contributed by atoms with Crippen molar-refractivity contribution in [1.82, 2.24) is 14.7 Å². The maximum atomic E-state index is 12.4. The zero-order valence-electron chi connectivity index (χ0n) is 13.3. The average Bonchev–Trinajstić information content (AvgIpc) is 2.70. The molecule has 0 radical (unpaired) electrons. The predicted molar refractivity (Wildman–Crippen MR) is 85.7 cm³/mol. The van der Waals surface area contributed by atoms with Crippen molar-refractivity contribution >= 4 is 22.7 Å². The first-order valence-corrected chi connectivity index (χ1v) is 7.56. The second-order valence-corrected chi connectivity index (χ2v) is 6.75. The summed E-state index contributed by atoms with van der Waals surface area (Å²) in [4.78, 5) is 14.7. The van der Waals surface area contributed by atoms with Crippen molar-refractivity contribution in [1.29, 1.82) is 0 Å². The SMILES string of the molecule is CC(C)(C)OC(=O)n1nc(CN2CCC2)c2ccc(N)cc21. The number of hydrogen-bond acceptors (Lipinski definition) is 5. The molecule has 1 aromatic heterocycles. The molecule has 1 saturated heterocycles. The summed E-state index contributed by atoms with van der Waals surface area (Å²) >= 11 is 0. The van der Waals surface area contributed by atoms with Crippen molar-refractivity contribution in [2.45, 2.75) is 39.3 Å². The van der Waals surface area contributed by atoms with E-state index >= 15 is 0 Å². The van der Waals surface area contributed by atoms with Crippen LogP contribution >= 0.6 is 0 Å². The molecule has 1 aliphatic rings. The lowest BCUT2D eigenvalue weighted by Gasteiger charge is -2.29. The molecule has 0 atom stereocenters. The van der Waals surface area contributed by atoms with Gasteiger partial charge in [-0.15, -0.1) is 0 Å². The lowest BCUT2D eigenvalue weighted by molar-refractivity contribution is 0.0520. The van der Waals surface area contributed by atoms with Gasteiger partial charge in [-0.05, 0) is 58.5 Å². The molecule has 0 amide bonds. The zero-order chi connectivity index (χ0) is 15.9. The Morgan fingerprint density at radius 2 is 2.09 bits per heavy atom. The first kappa shape index (κ1) is 14.8. The van der Waals surface area contributed by atoms with Crippen molar-refractivity contribution < 1.29 is 9.53 Å². The normalized spacial score (nSPS) is 15.8. The molecule has 1 fully saturated rings. The van der Waals surface area contributed by atoms with E-state index in [1.165, 1.54) is 11.1 Å². The third-order valence-corrected chi connectivity index (χ3v) is 3.67. The number of anilines is 1. The molecule has 0 bridgehead atoms. The number of hydrogen-bond donors (Lipinski definition) is 1. The highest BCUT2D eigenvalue weighted by Gasteiger charge is 2.24. The van der Waals surface area contributed by atoms with E-state index in [0.29, 0.717) is 11.2 Å². The van der Waals surface area contributed by atoms with Crippen LogP contribution in [-0.2, 0) is 11.3 Å². The van der Waals surface area contributed by atoms with Gasteiger partial charge in [-0.1, -0.05) is 0 Å². The molecule has 2 aromatic rings. The Kier molecular flexibility index (Phi) is 3.56. The summed E-state index contributed by atoms with van der Waals surface area (Å²) in [5.41, 5.74) is 7.49. The Balaban J connectivity index is 2.00. The molecule has 6 nitrogen and oxygen atoms in total. The Hall–Kier alpha value is -2.08. The average molecular weight is 302 g/mol. The van der Waals surface area contributed by atoms with Crippen molar-refractivity contribution in [3.63, 3.8) is 0 Å². The summed E-state index contributed by atoms with van der Waals surface area (Å²) < 4.78 is 6.76. The van der Waals surface area contributed by atoms with Crippen LogP contribution in [0.5, 0.6) is 0 Å². The van der Waals surface area contributed by atoms with Crippen molar-refractivity contribution in [2.24, 2.45) is 0 Å². The third-order valence-electron chi connectivity index (χ3n) is 3.67. The molecule has 118 valence electrons. The van der Waals surface area contributed by atoms with Gasteiger partial charge in [0.2, 0.25) is 0 Å². The molecule has 0 aliphatic carbocycles. The van der Waals surface area contributed by atoms with E-state index in [-0.39, 0.29) is 0 Å². The van der Waals surface area contributed by atoms with Crippen LogP contribution in [0.4, 0.5) is 10.5 Å². The summed E-state index contributed by atoms with van der Waals surface area (Å²) in [5.74, 6) is 0. The summed E-state index contributed by atoms with van der Waals surface area (Å²) in [6.45, 7) is 8.42. The number of ether oxygens (including phenoxy) is 1. The molecule has 22 heavy (non-hydrogen) atoms. The van der Waals surface area contributed by atoms with Gasteiger partial charge in [0.15, 0.2) is 0 Å². The first-order valence-electron chi connectivity index (χ1n) is 7.56. The highest BCUT2D eigenvalue weighted by Crippen LogP contribution is 2.24. The Bertz CT molecular complexity index is 711. The van der Waals surface area contributed by atoms with E-state index < -0.39 is 11.7 Å². The fourth-order valence-electron chi connectivity index (χ4n) is 2.51. The molecule has 0 saturated carbocycles. The quantitative estimate of drug-likeness (QED) is 0.863. The van der Waals surface area contributed by atoms with Crippen molar-refractivity contribution in [2.75, 3.05) is 18.8 Å². The molecule has 3 rings (SSSR count). The van der Waals surface area contributed by atoms with Crippen LogP contribution in [-0.4, -0.2) is 39.5 Å². The number of likely N-dealkylation sites (tertiary alicyclic amines) is 1. The molecule has 2 heterocycles. The molecule has 1 aromatic carbocycles. The van der Waals surface area contributed by atoms with Crippen molar-refractivity contribution in [3.8, 4) is 0 Å². The minimum Gasteiger partial charge on any atom is -0.442 e. The largest absolute Gasteiger partial charge is 0.442 e. The van der Waals surface area contributed by atoms with Crippen LogP contribution in [0.25, 0.3) is 10.9 Å². The maximum Gasteiger partial charge on any atom is 0.435 e. The monoisotopic (exact) mass is 302 g/mol. The predicted octanol–water partition coefficient (Wildman–Crippen LogP) is 2.61. The molecule has 0 spiro atoms. The van der Waals surface area contributed by atoms with Gasteiger partial charge in [0, 0.05) is 17.6 Å². The van der Waals surface area contributed by atoms with Crippen molar-refractivity contribution in [3.05, 3.63) is 23.9 Å². The number of carbonyl (C=O) groups is 1. The molecule has 2 N–H and O–H groups in total. The molecular formula is C16H22N4O2. The minimum atomic E-state index is -0.562. The molecule has 6 heteroatoms. The van der Waals surface area contributed by atoms with E-state index in [4.69, 9.17) is 10.5 Å². The standard InChI is InChI=1S/C16H22N4O2/c1-16(2,3)22-15(21)20-14-9-11(17)5-6-12(14)13(18-20)10-19-7-4-8-19/h5-6,9H,4,7-8,10,17H2,1-3H3. The van der Waals surface area contributed by atoms with E-state index in [0.717, 1.165) is 30.7 Å². The van der Waals surface area contributed by atoms with Crippen LogP contribution in [0.3, 0.4) is 0 Å². The van der Waals surface area contributed by atoms with Crippen LogP contribution < -0.4 is 5.73 Å². The van der Waals surface area contributed by atoms with Crippen LogP contribution in [0.1, 0.15) is 32.9 Å². The second kappa shape index (κ2) is 5.28. The fourth-order valence-corrected chi connectivity index (χ4v) is 2.51. The summed E-state index contributed by atoms with van der Waals surface area (Å²) in [7, 11) is 0. The third kappa shape index (κ3) is 2.92. The number of nitrogens with zero attached hydrogens (tertiary/aromatic N) is 3. The lowest BCUT2D eigenvalue weighted by Crippen LogP contribution is -2.36. The summed E-state index contributed by atoms with van der Waals surface area (Å²) in [6.07, 6.45) is 0.746. The number of aromatic nitrogens is 2. The second-order valence-electron chi connectivity index (χ2n) is 6.75. The highest BCUT2D eigenvalue weighted by atomic mass is 16.6. The van der Waals surface area contributed by atoms with Gasteiger partial charge in [-0.25, -0.2) is 4.79 Å². The Morgan fingerprint density at radius 1 is 1.36 bits per heavy atom. The Labute approximate surface area is 129 Å². The summed E-state index contributed by atoms with van der Waals surface area (Å²) in [5, 5.41) is 5.43. The number of carbonyl (C=O) groups excluding carboxylic acids is 1. The topological polar surface area (TPSA) is 73.4 Å². The lowest BCUT2D eigenvalue weighted by atomic mass is 10.1. The van der Waals surface area contributed by atoms with Crippen LogP contribution in [0.15, 0.2) is 18.2 Å². The molecular weight excluding hydrogens is 280 g/mol. The molecule has 0 unspecified atom stereocenters. The van der Waals surface area contributed by atoms with Gasteiger partial charge < -0.3 is 10.5 Å². The van der Waals surface area contributed by atoms with Crippen LogP contribution in [0.2, 0.25) is 0 Å². The van der Waals surface area contributed by atoms with Crippen LogP contribution in [0, 0.1) is 0 Å². The van der Waals surface area contributed by atoms with Gasteiger partial charge in [0.25, 0.3) is 0 Å². The number of fused-ring (bicyclic) bond motifs is 1. The maximum absolute atomic E-state index is 12.4. The fraction of sp³-hybridized carbons (Fsp3) is 0.500. The minimum absolute atomic E-state index is 0.474. The molecule has 1 aliphatic heterocycles. The van der Waals surface area contributed by atoms with E-state index in [9.17, 15) is 4.79 Å². The van der Waals surface area contributed by atoms with E-state index in [1.807, 2.05) is 32.9 Å². The zero-order valence-corrected chi connectivity index (χ0v) is 13.3. The number of benzene rings is 1. The van der Waals surface area contributed by atoms with E-state index in [2.05, 4.69) is 10.00 Å². The number of nitrogens with two attached hydrogens (primary N) is 1.